The van der Waals surface area contributed by atoms with E-state index in [-0.39, 0.29) is 0 Å². The third kappa shape index (κ3) is 7.86. The highest BCUT2D eigenvalue weighted by atomic mass is 16.5. The largest absolute Gasteiger partial charge is 0.489 e. The van der Waals surface area contributed by atoms with Gasteiger partial charge in [-0.05, 0) is 81.1 Å². The molecule has 1 aromatic heterocycles. The van der Waals surface area contributed by atoms with E-state index in [1.807, 2.05) is 49.5 Å². The number of carbonyl (C=O) groups excluding carboxylic acids is 1. The summed E-state index contributed by atoms with van der Waals surface area (Å²) in [7, 11) is 0. The first-order chi connectivity index (χ1) is 17.2. The van der Waals surface area contributed by atoms with Crippen LogP contribution in [0.15, 0.2) is 54.7 Å². The Morgan fingerprint density at radius 1 is 1.06 bits per heavy atom. The SMILES string of the molecule is CCOC(=O)C#Cc1ccc(OCc2cccc(-c3cnc(OCCC(C)(C)O)cc3C)c2C)cc1. The molecule has 1 N–H and O–H groups in total. The van der Waals surface area contributed by atoms with Gasteiger partial charge in [-0.25, -0.2) is 9.78 Å². The third-order valence-electron chi connectivity index (χ3n) is 5.62. The average molecular weight is 488 g/mol. The van der Waals surface area contributed by atoms with E-state index in [4.69, 9.17) is 14.2 Å². The van der Waals surface area contributed by atoms with Crippen LogP contribution in [-0.4, -0.2) is 34.9 Å². The zero-order chi connectivity index (χ0) is 26.1. The number of carbonyl (C=O) groups is 1. The molecule has 0 saturated carbocycles. The van der Waals surface area contributed by atoms with Crippen molar-refractivity contribution in [2.75, 3.05) is 13.2 Å². The van der Waals surface area contributed by atoms with Crippen LogP contribution < -0.4 is 9.47 Å². The Morgan fingerprint density at radius 2 is 1.81 bits per heavy atom. The molecule has 6 nitrogen and oxygen atoms in total. The Hall–Kier alpha value is -3.82. The van der Waals surface area contributed by atoms with E-state index in [0.717, 1.165) is 27.8 Å². The molecule has 0 atom stereocenters. The number of benzene rings is 2. The molecule has 0 aliphatic heterocycles. The summed E-state index contributed by atoms with van der Waals surface area (Å²) in [5, 5.41) is 9.85. The maximum atomic E-state index is 11.4. The Labute approximate surface area is 213 Å². The predicted molar refractivity (Wildman–Crippen MR) is 140 cm³/mol. The Morgan fingerprint density at radius 3 is 2.47 bits per heavy atom. The number of aryl methyl sites for hydroxylation is 1. The zero-order valence-corrected chi connectivity index (χ0v) is 21.6. The number of hydrogen-bond acceptors (Lipinski definition) is 6. The normalized spacial score (nSPS) is 10.8. The molecule has 3 rings (SSSR count). The summed E-state index contributed by atoms with van der Waals surface area (Å²) in [6.45, 7) is 10.5. The number of ether oxygens (including phenoxy) is 3. The summed E-state index contributed by atoms with van der Waals surface area (Å²) in [6, 6.07) is 15.4. The van der Waals surface area contributed by atoms with Gasteiger partial charge >= 0.3 is 5.97 Å². The van der Waals surface area contributed by atoms with Crippen LogP contribution in [-0.2, 0) is 16.1 Å². The van der Waals surface area contributed by atoms with Gasteiger partial charge < -0.3 is 19.3 Å². The minimum atomic E-state index is -0.769. The maximum Gasteiger partial charge on any atom is 0.384 e. The van der Waals surface area contributed by atoms with Crippen molar-refractivity contribution in [3.05, 3.63) is 77.0 Å². The highest BCUT2D eigenvalue weighted by molar-refractivity contribution is 5.89. The molecule has 0 aliphatic rings. The van der Waals surface area contributed by atoms with Crippen LogP contribution in [0.2, 0.25) is 0 Å². The molecule has 0 spiro atoms. The fourth-order valence-corrected chi connectivity index (χ4v) is 3.51. The van der Waals surface area contributed by atoms with Gasteiger partial charge in [-0.2, -0.15) is 0 Å². The van der Waals surface area contributed by atoms with Crippen LogP contribution >= 0.6 is 0 Å². The summed E-state index contributed by atoms with van der Waals surface area (Å²) in [5.41, 5.74) is 5.32. The monoisotopic (exact) mass is 487 g/mol. The minimum absolute atomic E-state index is 0.306. The Bertz CT molecular complexity index is 1250. The summed E-state index contributed by atoms with van der Waals surface area (Å²) in [6.07, 6.45) is 2.36. The standard InChI is InChI=1S/C30H33NO5/c1-6-34-29(32)15-12-23-10-13-25(14-11-23)36-20-24-8-7-9-26(22(24)3)27-19-31-28(18-21(27)2)35-17-16-30(4,5)33/h7-11,13-14,18-19,33H,6,16-17,20H2,1-5H3. The topological polar surface area (TPSA) is 77.9 Å². The quantitative estimate of drug-likeness (QED) is 0.322. The van der Waals surface area contributed by atoms with Gasteiger partial charge in [0.05, 0.1) is 18.8 Å². The summed E-state index contributed by atoms with van der Waals surface area (Å²) in [4.78, 5) is 15.8. The number of nitrogens with zero attached hydrogens (tertiary/aromatic N) is 1. The molecule has 6 heteroatoms. The van der Waals surface area contributed by atoms with Crippen molar-refractivity contribution in [3.8, 4) is 34.6 Å². The van der Waals surface area contributed by atoms with Crippen LogP contribution in [0.4, 0.5) is 0 Å². The molecule has 0 unspecified atom stereocenters. The summed E-state index contributed by atoms with van der Waals surface area (Å²) >= 11 is 0. The van der Waals surface area contributed by atoms with Gasteiger partial charge in [0, 0.05) is 35.7 Å². The molecule has 0 bridgehead atoms. The van der Waals surface area contributed by atoms with Crippen LogP contribution in [0.5, 0.6) is 11.6 Å². The molecule has 1 heterocycles. The van der Waals surface area contributed by atoms with Gasteiger partial charge in [0.2, 0.25) is 5.88 Å². The van der Waals surface area contributed by atoms with Crippen LogP contribution in [0.1, 0.15) is 49.4 Å². The van der Waals surface area contributed by atoms with E-state index in [9.17, 15) is 9.90 Å². The fraction of sp³-hybridized carbons (Fsp3) is 0.333. The zero-order valence-electron chi connectivity index (χ0n) is 21.6. The van der Waals surface area contributed by atoms with E-state index < -0.39 is 11.6 Å². The van der Waals surface area contributed by atoms with Crippen molar-refractivity contribution in [2.45, 2.75) is 53.2 Å². The minimum Gasteiger partial charge on any atom is -0.489 e. The van der Waals surface area contributed by atoms with Crippen molar-refractivity contribution in [1.82, 2.24) is 4.98 Å². The molecule has 0 saturated heterocycles. The second-order valence-corrected chi connectivity index (χ2v) is 9.12. The molecule has 188 valence electrons. The highest BCUT2D eigenvalue weighted by Crippen LogP contribution is 2.30. The predicted octanol–water partition coefficient (Wildman–Crippen LogP) is 5.40. The van der Waals surface area contributed by atoms with Gasteiger partial charge in [0.15, 0.2) is 0 Å². The molecule has 0 aliphatic carbocycles. The second kappa shape index (κ2) is 12.2. The molecule has 3 aromatic rings. The number of aliphatic hydroxyl groups is 1. The van der Waals surface area contributed by atoms with Crippen molar-refractivity contribution < 1.29 is 24.1 Å². The summed E-state index contributed by atoms with van der Waals surface area (Å²) < 4.78 is 16.5. The maximum absolute atomic E-state index is 11.4. The molecule has 0 radical (unpaired) electrons. The molecule has 36 heavy (non-hydrogen) atoms. The van der Waals surface area contributed by atoms with Gasteiger partial charge in [-0.3, -0.25) is 0 Å². The van der Waals surface area contributed by atoms with Gasteiger partial charge in [0.25, 0.3) is 0 Å². The van der Waals surface area contributed by atoms with E-state index in [1.165, 1.54) is 0 Å². The van der Waals surface area contributed by atoms with Crippen molar-refractivity contribution in [3.63, 3.8) is 0 Å². The first-order valence-electron chi connectivity index (χ1n) is 12.0. The fourth-order valence-electron chi connectivity index (χ4n) is 3.51. The molecular formula is C30H33NO5. The molecule has 0 amide bonds. The van der Waals surface area contributed by atoms with Gasteiger partial charge in [-0.1, -0.05) is 24.1 Å². The van der Waals surface area contributed by atoms with E-state index in [2.05, 4.69) is 35.9 Å². The summed E-state index contributed by atoms with van der Waals surface area (Å²) in [5.74, 6) is 5.97. The number of pyridine rings is 1. The molecule has 2 aromatic carbocycles. The van der Waals surface area contributed by atoms with Crippen LogP contribution in [0.25, 0.3) is 11.1 Å². The van der Waals surface area contributed by atoms with Gasteiger partial charge in [-0.15, -0.1) is 0 Å². The van der Waals surface area contributed by atoms with Crippen LogP contribution in [0.3, 0.4) is 0 Å². The molecular weight excluding hydrogens is 454 g/mol. The van der Waals surface area contributed by atoms with E-state index in [1.54, 1.807) is 20.8 Å². The number of rotatable bonds is 9. The molecule has 0 fully saturated rings. The number of aromatic nitrogens is 1. The van der Waals surface area contributed by atoms with E-state index in [0.29, 0.717) is 43.4 Å². The lowest BCUT2D eigenvalue weighted by Gasteiger charge is -2.17. The van der Waals surface area contributed by atoms with Crippen molar-refractivity contribution in [1.29, 1.82) is 0 Å². The van der Waals surface area contributed by atoms with E-state index >= 15 is 0 Å². The number of esters is 1. The lowest BCUT2D eigenvalue weighted by molar-refractivity contribution is -0.136. The first kappa shape index (κ1) is 26.8. The van der Waals surface area contributed by atoms with Crippen LogP contribution in [0, 0.1) is 25.7 Å². The lowest BCUT2D eigenvalue weighted by Crippen LogP contribution is -2.22. The number of hydrogen-bond donors (Lipinski definition) is 1. The van der Waals surface area contributed by atoms with Gasteiger partial charge in [0.1, 0.15) is 12.4 Å². The smallest absolute Gasteiger partial charge is 0.384 e. The Kier molecular flexibility index (Phi) is 9.10. The second-order valence-electron chi connectivity index (χ2n) is 9.12. The first-order valence-corrected chi connectivity index (χ1v) is 12.0. The van der Waals surface area contributed by atoms with Crippen molar-refractivity contribution >= 4 is 5.97 Å². The Balaban J connectivity index is 1.67. The van der Waals surface area contributed by atoms with Crippen molar-refractivity contribution in [2.24, 2.45) is 0 Å². The third-order valence-corrected chi connectivity index (χ3v) is 5.62. The average Bonchev–Trinajstić information content (AvgIpc) is 2.83. The lowest BCUT2D eigenvalue weighted by atomic mass is 9.95. The highest BCUT2D eigenvalue weighted by Gasteiger charge is 2.14.